The van der Waals surface area contributed by atoms with E-state index < -0.39 is 5.91 Å². The van der Waals surface area contributed by atoms with Crippen LogP contribution in [-0.4, -0.2) is 22.8 Å². The smallest absolute Gasteiger partial charge is 0.250 e. The minimum Gasteiger partial charge on any atom is -0.382 e. The third-order valence-electron chi connectivity index (χ3n) is 7.10. The summed E-state index contributed by atoms with van der Waals surface area (Å²) < 4.78 is 16.2. The number of halogens is 1. The normalized spacial score (nSPS) is 14.9. The number of fused-ring (bicyclic) bond motifs is 1. The maximum Gasteiger partial charge on any atom is 0.250 e. The standard InChI is InChI=1S/C28H34FN3O2/c1-28(2,13-14-33)17-25-26(22-12-10-19(29)16-24(22)32(25)3)18-9-11-21(27(30)34)23(15-18)31-20-7-5-4-6-8-20/h9-12,14-16,20,31H,4-8,13,17H2,1-3H3,(H2,30,34). The number of carbonyl (C=O) groups is 2. The van der Waals surface area contributed by atoms with Gasteiger partial charge in [0.1, 0.15) is 12.1 Å². The molecule has 2 aromatic carbocycles. The van der Waals surface area contributed by atoms with Crippen LogP contribution in [0.2, 0.25) is 0 Å². The number of nitrogens with zero attached hydrogens (tertiary/aromatic N) is 1. The second-order valence-electron chi connectivity index (χ2n) is 10.4. The van der Waals surface area contributed by atoms with Crippen molar-refractivity contribution >= 4 is 28.8 Å². The van der Waals surface area contributed by atoms with Crippen LogP contribution in [0.25, 0.3) is 22.0 Å². The summed E-state index contributed by atoms with van der Waals surface area (Å²) in [6.45, 7) is 4.13. The summed E-state index contributed by atoms with van der Waals surface area (Å²) in [6, 6.07) is 10.9. The second-order valence-corrected chi connectivity index (χ2v) is 10.4. The molecule has 0 radical (unpaired) electrons. The van der Waals surface area contributed by atoms with Crippen LogP contribution in [0.4, 0.5) is 10.1 Å². The van der Waals surface area contributed by atoms with Crippen molar-refractivity contribution < 1.29 is 14.0 Å². The molecule has 1 heterocycles. The third kappa shape index (κ3) is 4.86. The third-order valence-corrected chi connectivity index (χ3v) is 7.10. The van der Waals surface area contributed by atoms with Gasteiger partial charge in [0.05, 0.1) is 11.1 Å². The number of rotatable bonds is 8. The van der Waals surface area contributed by atoms with E-state index in [-0.39, 0.29) is 11.2 Å². The van der Waals surface area contributed by atoms with Crippen molar-refractivity contribution in [2.45, 2.75) is 64.8 Å². The highest BCUT2D eigenvalue weighted by Gasteiger charge is 2.26. The lowest BCUT2D eigenvalue weighted by atomic mass is 9.83. The SMILES string of the molecule is Cn1c(CC(C)(C)CC=O)c(-c2ccc(C(N)=O)c(NC3CCCCC3)c2)c2ccc(F)cc21. The van der Waals surface area contributed by atoms with Crippen molar-refractivity contribution in [2.24, 2.45) is 18.2 Å². The lowest BCUT2D eigenvalue weighted by Crippen LogP contribution is -2.24. The van der Waals surface area contributed by atoms with Crippen molar-refractivity contribution in [3.05, 3.63) is 53.5 Å². The van der Waals surface area contributed by atoms with E-state index in [1.165, 1.54) is 25.3 Å². The molecule has 0 unspecified atom stereocenters. The Labute approximate surface area is 200 Å². The molecule has 0 spiro atoms. The zero-order valence-electron chi connectivity index (χ0n) is 20.3. The first kappa shape index (κ1) is 24.0. The summed E-state index contributed by atoms with van der Waals surface area (Å²) in [5.74, 6) is -0.751. The van der Waals surface area contributed by atoms with Gasteiger partial charge in [-0.05, 0) is 60.6 Å². The zero-order chi connectivity index (χ0) is 24.5. The van der Waals surface area contributed by atoms with E-state index >= 15 is 0 Å². The summed E-state index contributed by atoms with van der Waals surface area (Å²) in [7, 11) is 1.94. The van der Waals surface area contributed by atoms with Gasteiger partial charge in [0, 0.05) is 41.8 Å². The van der Waals surface area contributed by atoms with Crippen LogP contribution in [0.15, 0.2) is 36.4 Å². The van der Waals surface area contributed by atoms with Crippen molar-refractivity contribution in [1.29, 1.82) is 0 Å². The lowest BCUT2D eigenvalue weighted by molar-refractivity contribution is -0.109. The summed E-state index contributed by atoms with van der Waals surface area (Å²) >= 11 is 0. The Bertz CT molecular complexity index is 1220. The fourth-order valence-electron chi connectivity index (χ4n) is 5.24. The van der Waals surface area contributed by atoms with Crippen LogP contribution in [0.3, 0.4) is 0 Å². The molecule has 3 aromatic rings. The molecule has 4 rings (SSSR count). The number of amides is 1. The molecule has 1 aliphatic rings. The Kier molecular flexibility index (Phi) is 6.78. The van der Waals surface area contributed by atoms with E-state index in [4.69, 9.17) is 5.73 Å². The molecule has 0 saturated heterocycles. The first-order valence-electron chi connectivity index (χ1n) is 12.1. The first-order chi connectivity index (χ1) is 16.2. The number of aromatic nitrogens is 1. The summed E-state index contributed by atoms with van der Waals surface area (Å²) in [6.07, 6.45) is 7.77. The Morgan fingerprint density at radius 2 is 1.91 bits per heavy atom. The fourth-order valence-corrected chi connectivity index (χ4v) is 5.24. The van der Waals surface area contributed by atoms with Crippen LogP contribution in [0, 0.1) is 11.2 Å². The molecule has 1 aromatic heterocycles. The minimum absolute atomic E-state index is 0.256. The van der Waals surface area contributed by atoms with E-state index in [0.29, 0.717) is 24.4 Å². The van der Waals surface area contributed by atoms with Crippen molar-refractivity contribution in [1.82, 2.24) is 4.57 Å². The van der Waals surface area contributed by atoms with Crippen LogP contribution >= 0.6 is 0 Å². The number of hydrogen-bond donors (Lipinski definition) is 2. The average Bonchev–Trinajstić information content (AvgIpc) is 3.04. The molecule has 1 saturated carbocycles. The molecule has 1 fully saturated rings. The van der Waals surface area contributed by atoms with Crippen molar-refractivity contribution in [3.8, 4) is 11.1 Å². The molecule has 0 atom stereocenters. The van der Waals surface area contributed by atoms with Gasteiger partial charge < -0.3 is 20.4 Å². The van der Waals surface area contributed by atoms with Crippen molar-refractivity contribution in [3.63, 3.8) is 0 Å². The number of aldehydes is 1. The molecular weight excluding hydrogens is 429 g/mol. The Hall–Kier alpha value is -3.15. The van der Waals surface area contributed by atoms with Gasteiger partial charge in [0.25, 0.3) is 5.91 Å². The van der Waals surface area contributed by atoms with E-state index in [1.54, 1.807) is 12.1 Å². The Morgan fingerprint density at radius 1 is 1.18 bits per heavy atom. The van der Waals surface area contributed by atoms with E-state index in [9.17, 15) is 14.0 Å². The van der Waals surface area contributed by atoms with Gasteiger partial charge in [0.15, 0.2) is 0 Å². The Balaban J connectivity index is 1.87. The van der Waals surface area contributed by atoms with Gasteiger partial charge in [-0.1, -0.05) is 39.2 Å². The number of benzene rings is 2. The molecule has 34 heavy (non-hydrogen) atoms. The van der Waals surface area contributed by atoms with Gasteiger partial charge in [-0.25, -0.2) is 4.39 Å². The van der Waals surface area contributed by atoms with Gasteiger partial charge in [-0.2, -0.15) is 0 Å². The van der Waals surface area contributed by atoms with Crippen molar-refractivity contribution in [2.75, 3.05) is 5.32 Å². The van der Waals surface area contributed by atoms with Gasteiger partial charge >= 0.3 is 0 Å². The average molecular weight is 464 g/mol. The monoisotopic (exact) mass is 463 g/mol. The topological polar surface area (TPSA) is 77.1 Å². The first-order valence-corrected chi connectivity index (χ1v) is 12.1. The second kappa shape index (κ2) is 9.61. The molecule has 0 bridgehead atoms. The van der Waals surface area contributed by atoms with E-state index in [0.717, 1.165) is 52.5 Å². The predicted molar refractivity (Wildman–Crippen MR) is 135 cm³/mol. The largest absolute Gasteiger partial charge is 0.382 e. The lowest BCUT2D eigenvalue weighted by Gasteiger charge is -2.26. The zero-order valence-corrected chi connectivity index (χ0v) is 20.3. The van der Waals surface area contributed by atoms with E-state index in [2.05, 4.69) is 19.2 Å². The fraction of sp³-hybridized carbons (Fsp3) is 0.429. The van der Waals surface area contributed by atoms with E-state index in [1.807, 2.05) is 29.8 Å². The predicted octanol–water partition coefficient (Wildman–Crippen LogP) is 5.99. The highest BCUT2D eigenvalue weighted by Crippen LogP contribution is 2.40. The van der Waals surface area contributed by atoms with Crippen LogP contribution in [-0.2, 0) is 18.3 Å². The number of primary amides is 1. The van der Waals surface area contributed by atoms with Crippen LogP contribution in [0.1, 0.15) is 68.4 Å². The summed E-state index contributed by atoms with van der Waals surface area (Å²) in [4.78, 5) is 23.5. The minimum atomic E-state index is -0.461. The highest BCUT2D eigenvalue weighted by atomic mass is 19.1. The number of aryl methyl sites for hydroxylation is 1. The molecule has 6 heteroatoms. The van der Waals surface area contributed by atoms with Crippen LogP contribution < -0.4 is 11.1 Å². The summed E-state index contributed by atoms with van der Waals surface area (Å²) in [5.41, 5.74) is 10.4. The van der Waals surface area contributed by atoms with Gasteiger partial charge in [0.2, 0.25) is 0 Å². The molecule has 3 N–H and O–H groups in total. The molecule has 5 nitrogen and oxygen atoms in total. The maximum atomic E-state index is 14.2. The maximum absolute atomic E-state index is 14.2. The molecule has 1 aliphatic carbocycles. The number of nitrogens with two attached hydrogens (primary N) is 1. The highest BCUT2D eigenvalue weighted by molar-refractivity contribution is 6.02. The van der Waals surface area contributed by atoms with Gasteiger partial charge in [-0.15, -0.1) is 0 Å². The summed E-state index contributed by atoms with van der Waals surface area (Å²) in [5, 5.41) is 4.52. The molecular formula is C28H34FN3O2. The molecule has 0 aliphatic heterocycles. The quantitative estimate of drug-likeness (QED) is 0.403. The number of hydrogen-bond acceptors (Lipinski definition) is 3. The Morgan fingerprint density at radius 3 is 2.59 bits per heavy atom. The molecule has 1 amide bonds. The molecule has 180 valence electrons. The van der Waals surface area contributed by atoms with Gasteiger partial charge in [-0.3, -0.25) is 4.79 Å². The number of nitrogens with one attached hydrogen (secondary N) is 1. The number of carbonyl (C=O) groups excluding carboxylic acids is 2. The number of anilines is 1. The van der Waals surface area contributed by atoms with Crippen LogP contribution in [0.5, 0.6) is 0 Å².